The van der Waals surface area contributed by atoms with Gasteiger partial charge in [-0.3, -0.25) is 0 Å². The van der Waals surface area contributed by atoms with Gasteiger partial charge >= 0.3 is 0 Å². The van der Waals surface area contributed by atoms with Crippen molar-refractivity contribution in [3.63, 3.8) is 0 Å². The SMILES string of the molecule is CC(C)(C)c1nc(CNCC(C)(C)c2cccs2)cs1. The van der Waals surface area contributed by atoms with Gasteiger partial charge in [0.25, 0.3) is 0 Å². The molecule has 2 rings (SSSR count). The second-order valence-electron chi connectivity index (χ2n) is 6.86. The van der Waals surface area contributed by atoms with Crippen molar-refractivity contribution < 1.29 is 0 Å². The van der Waals surface area contributed by atoms with E-state index in [1.807, 2.05) is 11.3 Å². The third kappa shape index (κ3) is 3.90. The van der Waals surface area contributed by atoms with Gasteiger partial charge in [-0.1, -0.05) is 40.7 Å². The van der Waals surface area contributed by atoms with Crippen molar-refractivity contribution in [2.75, 3.05) is 6.54 Å². The van der Waals surface area contributed by atoms with Crippen molar-refractivity contribution in [1.82, 2.24) is 10.3 Å². The molecule has 110 valence electrons. The Kier molecular flexibility index (Phi) is 4.67. The van der Waals surface area contributed by atoms with Crippen LogP contribution in [-0.4, -0.2) is 11.5 Å². The molecular weight excluding hydrogens is 284 g/mol. The van der Waals surface area contributed by atoms with E-state index >= 15 is 0 Å². The topological polar surface area (TPSA) is 24.9 Å². The fourth-order valence-electron chi connectivity index (χ4n) is 1.99. The minimum atomic E-state index is 0.152. The summed E-state index contributed by atoms with van der Waals surface area (Å²) >= 11 is 3.59. The van der Waals surface area contributed by atoms with E-state index < -0.39 is 0 Å². The molecule has 0 saturated carbocycles. The molecule has 0 fully saturated rings. The second-order valence-corrected chi connectivity index (χ2v) is 8.66. The molecule has 0 unspecified atom stereocenters. The van der Waals surface area contributed by atoms with Gasteiger partial charge in [0.05, 0.1) is 10.7 Å². The van der Waals surface area contributed by atoms with E-state index in [1.165, 1.54) is 9.88 Å². The number of thiazole rings is 1. The molecule has 0 aliphatic rings. The van der Waals surface area contributed by atoms with Gasteiger partial charge < -0.3 is 5.32 Å². The van der Waals surface area contributed by atoms with Crippen molar-refractivity contribution in [3.05, 3.63) is 38.5 Å². The van der Waals surface area contributed by atoms with Crippen LogP contribution in [0.3, 0.4) is 0 Å². The fraction of sp³-hybridized carbons (Fsp3) is 0.562. The highest BCUT2D eigenvalue weighted by Crippen LogP contribution is 2.27. The van der Waals surface area contributed by atoms with Crippen LogP contribution in [0.25, 0.3) is 0 Å². The lowest BCUT2D eigenvalue weighted by atomic mass is 9.91. The van der Waals surface area contributed by atoms with Gasteiger partial charge in [0.2, 0.25) is 0 Å². The van der Waals surface area contributed by atoms with E-state index in [2.05, 4.69) is 62.8 Å². The highest BCUT2D eigenvalue weighted by Gasteiger charge is 2.22. The molecule has 0 radical (unpaired) electrons. The molecule has 0 amide bonds. The summed E-state index contributed by atoms with van der Waals surface area (Å²) in [6.07, 6.45) is 0. The highest BCUT2D eigenvalue weighted by molar-refractivity contribution is 7.10. The zero-order chi connectivity index (χ0) is 14.8. The first kappa shape index (κ1) is 15.7. The standard InChI is InChI=1S/C16H24N2S2/c1-15(2,3)14-18-12(10-20-14)9-17-11-16(4,5)13-7-6-8-19-13/h6-8,10,17H,9,11H2,1-5H3. The number of hydrogen-bond acceptors (Lipinski definition) is 4. The van der Waals surface area contributed by atoms with Gasteiger partial charge in [0, 0.05) is 34.2 Å². The normalized spacial score (nSPS) is 12.8. The molecule has 1 N–H and O–H groups in total. The lowest BCUT2D eigenvalue weighted by Crippen LogP contribution is -2.32. The van der Waals surface area contributed by atoms with E-state index in [0.29, 0.717) is 0 Å². The van der Waals surface area contributed by atoms with Crippen LogP contribution in [0.15, 0.2) is 22.9 Å². The lowest BCUT2D eigenvalue weighted by Gasteiger charge is -2.23. The van der Waals surface area contributed by atoms with E-state index in [4.69, 9.17) is 4.98 Å². The number of aromatic nitrogens is 1. The number of hydrogen-bond donors (Lipinski definition) is 1. The maximum Gasteiger partial charge on any atom is 0.0982 e. The summed E-state index contributed by atoms with van der Waals surface area (Å²) in [5.41, 5.74) is 1.48. The molecule has 0 saturated heterocycles. The molecule has 2 aromatic heterocycles. The summed E-state index contributed by atoms with van der Waals surface area (Å²) in [5, 5.41) is 9.08. The smallest absolute Gasteiger partial charge is 0.0982 e. The maximum atomic E-state index is 4.72. The maximum absolute atomic E-state index is 4.72. The molecule has 2 heterocycles. The predicted molar refractivity (Wildman–Crippen MR) is 89.9 cm³/mol. The quantitative estimate of drug-likeness (QED) is 0.875. The van der Waals surface area contributed by atoms with Crippen LogP contribution in [0.5, 0.6) is 0 Å². The molecule has 2 nitrogen and oxygen atoms in total. The Labute approximate surface area is 130 Å². The first-order valence-electron chi connectivity index (χ1n) is 6.99. The third-order valence-electron chi connectivity index (χ3n) is 3.25. The summed E-state index contributed by atoms with van der Waals surface area (Å²) in [6.45, 7) is 13.0. The summed E-state index contributed by atoms with van der Waals surface area (Å²) in [7, 11) is 0. The van der Waals surface area contributed by atoms with Crippen LogP contribution < -0.4 is 5.32 Å². The molecule has 2 aromatic rings. The molecule has 0 bridgehead atoms. The number of nitrogens with zero attached hydrogens (tertiary/aromatic N) is 1. The Hall–Kier alpha value is -0.710. The summed E-state index contributed by atoms with van der Waals surface area (Å²) in [5.74, 6) is 0. The Bertz CT molecular complexity index is 533. The molecular formula is C16H24N2S2. The number of thiophene rings is 1. The molecule has 4 heteroatoms. The summed E-state index contributed by atoms with van der Waals surface area (Å²) in [4.78, 5) is 6.15. The highest BCUT2D eigenvalue weighted by atomic mass is 32.1. The van der Waals surface area contributed by atoms with Crippen LogP contribution in [0.1, 0.15) is 50.2 Å². The summed E-state index contributed by atoms with van der Waals surface area (Å²) < 4.78 is 0. The molecule has 0 aromatic carbocycles. The first-order chi connectivity index (χ1) is 9.29. The second kappa shape index (κ2) is 5.96. The average molecular weight is 309 g/mol. The van der Waals surface area contributed by atoms with Gasteiger partial charge in [0.15, 0.2) is 0 Å². The van der Waals surface area contributed by atoms with Gasteiger partial charge in [-0.25, -0.2) is 4.98 Å². The first-order valence-corrected chi connectivity index (χ1v) is 8.74. The predicted octanol–water partition coefficient (Wildman–Crippen LogP) is 4.57. The minimum absolute atomic E-state index is 0.152. The average Bonchev–Trinajstić information content (AvgIpc) is 2.99. The van der Waals surface area contributed by atoms with Gasteiger partial charge in [0.1, 0.15) is 0 Å². The summed E-state index contributed by atoms with van der Waals surface area (Å²) in [6, 6.07) is 4.34. The van der Waals surface area contributed by atoms with Crippen LogP contribution in [-0.2, 0) is 17.4 Å². The minimum Gasteiger partial charge on any atom is -0.310 e. The molecule has 0 aliphatic heterocycles. The molecule has 0 aliphatic carbocycles. The Morgan fingerprint density at radius 3 is 2.45 bits per heavy atom. The van der Waals surface area contributed by atoms with Crippen molar-refractivity contribution in [2.24, 2.45) is 0 Å². The zero-order valence-corrected chi connectivity index (χ0v) is 14.6. The number of rotatable bonds is 5. The van der Waals surface area contributed by atoms with Crippen molar-refractivity contribution in [3.8, 4) is 0 Å². The van der Waals surface area contributed by atoms with Gasteiger partial charge in [-0.05, 0) is 11.4 Å². The zero-order valence-electron chi connectivity index (χ0n) is 13.0. The Morgan fingerprint density at radius 2 is 1.90 bits per heavy atom. The largest absolute Gasteiger partial charge is 0.310 e. The monoisotopic (exact) mass is 308 g/mol. The lowest BCUT2D eigenvalue weighted by molar-refractivity contribution is 0.474. The van der Waals surface area contributed by atoms with E-state index in [0.717, 1.165) is 18.8 Å². The van der Waals surface area contributed by atoms with Gasteiger partial charge in [-0.2, -0.15) is 0 Å². The van der Waals surface area contributed by atoms with Gasteiger partial charge in [-0.15, -0.1) is 22.7 Å². The van der Waals surface area contributed by atoms with Crippen LogP contribution >= 0.6 is 22.7 Å². The van der Waals surface area contributed by atoms with Crippen molar-refractivity contribution in [1.29, 1.82) is 0 Å². The van der Waals surface area contributed by atoms with E-state index in [1.54, 1.807) is 11.3 Å². The molecule has 20 heavy (non-hydrogen) atoms. The number of nitrogens with one attached hydrogen (secondary N) is 1. The Balaban J connectivity index is 1.89. The van der Waals surface area contributed by atoms with Crippen LogP contribution in [0.2, 0.25) is 0 Å². The molecule has 0 spiro atoms. The van der Waals surface area contributed by atoms with Crippen molar-refractivity contribution >= 4 is 22.7 Å². The van der Waals surface area contributed by atoms with Crippen LogP contribution in [0, 0.1) is 0 Å². The Morgan fingerprint density at radius 1 is 1.15 bits per heavy atom. The van der Waals surface area contributed by atoms with Crippen LogP contribution in [0.4, 0.5) is 0 Å². The third-order valence-corrected chi connectivity index (χ3v) is 5.81. The van der Waals surface area contributed by atoms with Crippen molar-refractivity contribution in [2.45, 2.75) is 52.0 Å². The van der Waals surface area contributed by atoms with E-state index in [9.17, 15) is 0 Å². The van der Waals surface area contributed by atoms with E-state index in [-0.39, 0.29) is 10.8 Å². The fourth-order valence-corrected chi connectivity index (χ4v) is 3.75. The molecule has 0 atom stereocenters.